The summed E-state index contributed by atoms with van der Waals surface area (Å²) in [7, 11) is 0. The lowest BCUT2D eigenvalue weighted by Crippen LogP contribution is -2.05. The number of rotatable bonds is 15. The van der Waals surface area contributed by atoms with Gasteiger partial charge in [-0.25, -0.2) is 0 Å². The molecule has 2 N–H and O–H groups in total. The van der Waals surface area contributed by atoms with E-state index in [2.05, 4.69) is 6.92 Å². The summed E-state index contributed by atoms with van der Waals surface area (Å²) >= 11 is 0. The summed E-state index contributed by atoms with van der Waals surface area (Å²) in [4.78, 5) is 11.4. The predicted octanol–water partition coefficient (Wildman–Crippen LogP) is 4.58. The van der Waals surface area contributed by atoms with Gasteiger partial charge in [-0.1, -0.05) is 64.7 Å². The Bertz CT molecular complexity index is 207. The summed E-state index contributed by atoms with van der Waals surface area (Å²) in [5.74, 6) is -0.00977. The van der Waals surface area contributed by atoms with Gasteiger partial charge in [0.15, 0.2) is 0 Å². The fourth-order valence-corrected chi connectivity index (χ4v) is 2.26. The lowest BCUT2D eigenvalue weighted by molar-refractivity contribution is -0.143. The monoisotopic (exact) mass is 285 g/mol. The number of esters is 1. The molecule has 0 unspecified atom stereocenters. The number of unbranched alkanes of at least 4 members (excludes halogenated alkanes) is 10. The topological polar surface area (TPSA) is 52.3 Å². The summed E-state index contributed by atoms with van der Waals surface area (Å²) in [6.45, 7) is 3.62. The minimum atomic E-state index is -0.00977. The molecule has 20 heavy (non-hydrogen) atoms. The molecular formula is C17H35NO2. The SMILES string of the molecule is CCCCCCCC(=O)OCCCCCCCCCN. The van der Waals surface area contributed by atoms with Gasteiger partial charge in [0.05, 0.1) is 6.61 Å². The Morgan fingerprint density at radius 1 is 0.800 bits per heavy atom. The van der Waals surface area contributed by atoms with Gasteiger partial charge in [-0.3, -0.25) is 4.79 Å². The number of ether oxygens (including phenoxy) is 1. The van der Waals surface area contributed by atoms with Crippen molar-refractivity contribution in [2.75, 3.05) is 13.2 Å². The van der Waals surface area contributed by atoms with E-state index in [0.717, 1.165) is 32.2 Å². The van der Waals surface area contributed by atoms with Gasteiger partial charge in [-0.15, -0.1) is 0 Å². The summed E-state index contributed by atoms with van der Waals surface area (Å²) < 4.78 is 5.24. The number of carbonyl (C=O) groups is 1. The lowest BCUT2D eigenvalue weighted by Gasteiger charge is -2.05. The van der Waals surface area contributed by atoms with Gasteiger partial charge >= 0.3 is 5.97 Å². The maximum absolute atomic E-state index is 11.4. The standard InChI is InChI=1S/C17H35NO2/c1-2-3-4-8-11-14-17(19)20-16-13-10-7-5-6-9-12-15-18/h2-16,18H2,1H3. The molecule has 0 aliphatic rings. The zero-order chi connectivity index (χ0) is 14.9. The molecule has 0 fully saturated rings. The third-order valence-electron chi connectivity index (χ3n) is 3.60. The van der Waals surface area contributed by atoms with E-state index in [1.54, 1.807) is 0 Å². The maximum atomic E-state index is 11.4. The van der Waals surface area contributed by atoms with E-state index in [9.17, 15) is 4.79 Å². The Morgan fingerprint density at radius 3 is 2.00 bits per heavy atom. The molecule has 120 valence electrons. The van der Waals surface area contributed by atoms with Crippen molar-refractivity contribution in [1.82, 2.24) is 0 Å². The quantitative estimate of drug-likeness (QED) is 0.354. The average Bonchev–Trinajstić information content (AvgIpc) is 2.45. The second kappa shape index (κ2) is 16.5. The Morgan fingerprint density at radius 2 is 1.35 bits per heavy atom. The van der Waals surface area contributed by atoms with E-state index >= 15 is 0 Å². The third-order valence-corrected chi connectivity index (χ3v) is 3.60. The molecule has 0 atom stereocenters. The summed E-state index contributed by atoms with van der Waals surface area (Å²) in [6, 6.07) is 0. The predicted molar refractivity (Wildman–Crippen MR) is 85.7 cm³/mol. The Hall–Kier alpha value is -0.570. The minimum Gasteiger partial charge on any atom is -0.466 e. The minimum absolute atomic E-state index is 0.00977. The molecule has 0 radical (unpaired) electrons. The van der Waals surface area contributed by atoms with Crippen molar-refractivity contribution in [3.63, 3.8) is 0 Å². The molecule has 0 bridgehead atoms. The first-order chi connectivity index (χ1) is 9.81. The van der Waals surface area contributed by atoms with Crippen LogP contribution in [0.15, 0.2) is 0 Å². The highest BCUT2D eigenvalue weighted by atomic mass is 16.5. The second-order valence-corrected chi connectivity index (χ2v) is 5.65. The molecule has 3 heteroatoms. The van der Waals surface area contributed by atoms with Crippen LogP contribution in [0.3, 0.4) is 0 Å². The molecule has 0 heterocycles. The van der Waals surface area contributed by atoms with Crippen LogP contribution in [0.1, 0.15) is 90.4 Å². The first-order valence-corrected chi connectivity index (χ1v) is 8.67. The zero-order valence-electron chi connectivity index (χ0n) is 13.5. The molecule has 0 aliphatic heterocycles. The first kappa shape index (κ1) is 19.4. The van der Waals surface area contributed by atoms with Gasteiger partial charge in [0.25, 0.3) is 0 Å². The molecule has 3 nitrogen and oxygen atoms in total. The highest BCUT2D eigenvalue weighted by Crippen LogP contribution is 2.08. The van der Waals surface area contributed by atoms with Gasteiger partial charge in [0, 0.05) is 6.42 Å². The van der Waals surface area contributed by atoms with Crippen molar-refractivity contribution in [2.45, 2.75) is 90.4 Å². The normalized spacial score (nSPS) is 10.7. The zero-order valence-corrected chi connectivity index (χ0v) is 13.5. The molecular weight excluding hydrogens is 250 g/mol. The average molecular weight is 285 g/mol. The molecule has 0 spiro atoms. The van der Waals surface area contributed by atoms with Gasteiger partial charge < -0.3 is 10.5 Å². The smallest absolute Gasteiger partial charge is 0.305 e. The summed E-state index contributed by atoms with van der Waals surface area (Å²) in [5.41, 5.74) is 5.45. The molecule has 0 aliphatic carbocycles. The Balaban J connectivity index is 3.11. The lowest BCUT2D eigenvalue weighted by atomic mass is 10.1. The third kappa shape index (κ3) is 15.5. The van der Waals surface area contributed by atoms with E-state index in [0.29, 0.717) is 13.0 Å². The highest BCUT2D eigenvalue weighted by Gasteiger charge is 2.02. The summed E-state index contributed by atoms with van der Waals surface area (Å²) in [6.07, 6.45) is 14.9. The largest absolute Gasteiger partial charge is 0.466 e. The van der Waals surface area contributed by atoms with Crippen LogP contribution in [0.5, 0.6) is 0 Å². The van der Waals surface area contributed by atoms with E-state index in [4.69, 9.17) is 10.5 Å². The van der Waals surface area contributed by atoms with Crippen molar-refractivity contribution in [2.24, 2.45) is 5.73 Å². The first-order valence-electron chi connectivity index (χ1n) is 8.67. The molecule has 0 aromatic rings. The van der Waals surface area contributed by atoms with E-state index < -0.39 is 0 Å². The number of nitrogens with two attached hydrogens (primary N) is 1. The van der Waals surface area contributed by atoms with Gasteiger partial charge in [0.2, 0.25) is 0 Å². The van der Waals surface area contributed by atoms with E-state index in [1.807, 2.05) is 0 Å². The molecule has 0 saturated heterocycles. The molecule has 0 amide bonds. The highest BCUT2D eigenvalue weighted by molar-refractivity contribution is 5.69. The maximum Gasteiger partial charge on any atom is 0.305 e. The van der Waals surface area contributed by atoms with Crippen molar-refractivity contribution < 1.29 is 9.53 Å². The number of carbonyl (C=O) groups excluding carboxylic acids is 1. The summed E-state index contributed by atoms with van der Waals surface area (Å²) in [5, 5.41) is 0. The second-order valence-electron chi connectivity index (χ2n) is 5.65. The van der Waals surface area contributed by atoms with Crippen LogP contribution in [0.2, 0.25) is 0 Å². The van der Waals surface area contributed by atoms with E-state index in [-0.39, 0.29) is 5.97 Å². The molecule has 0 aromatic carbocycles. The van der Waals surface area contributed by atoms with Crippen LogP contribution in [-0.4, -0.2) is 19.1 Å². The fraction of sp³-hybridized carbons (Fsp3) is 0.941. The van der Waals surface area contributed by atoms with Crippen molar-refractivity contribution in [3.8, 4) is 0 Å². The van der Waals surface area contributed by atoms with Crippen LogP contribution in [-0.2, 0) is 9.53 Å². The van der Waals surface area contributed by atoms with Crippen LogP contribution < -0.4 is 5.73 Å². The van der Waals surface area contributed by atoms with Crippen LogP contribution in [0, 0.1) is 0 Å². The van der Waals surface area contributed by atoms with Crippen LogP contribution in [0.25, 0.3) is 0 Å². The van der Waals surface area contributed by atoms with Crippen LogP contribution >= 0.6 is 0 Å². The van der Waals surface area contributed by atoms with Crippen LogP contribution in [0.4, 0.5) is 0 Å². The Labute approximate surface area is 125 Å². The number of hydrogen-bond acceptors (Lipinski definition) is 3. The number of hydrogen-bond donors (Lipinski definition) is 1. The van der Waals surface area contributed by atoms with Crippen molar-refractivity contribution in [1.29, 1.82) is 0 Å². The fourth-order valence-electron chi connectivity index (χ4n) is 2.26. The van der Waals surface area contributed by atoms with Gasteiger partial charge in [-0.05, 0) is 25.8 Å². The van der Waals surface area contributed by atoms with E-state index in [1.165, 1.54) is 51.4 Å². The molecule has 0 saturated carbocycles. The molecule has 0 rings (SSSR count). The Kier molecular flexibility index (Phi) is 16.0. The van der Waals surface area contributed by atoms with Crippen molar-refractivity contribution >= 4 is 5.97 Å². The van der Waals surface area contributed by atoms with Gasteiger partial charge in [0.1, 0.15) is 0 Å². The molecule has 0 aromatic heterocycles. The van der Waals surface area contributed by atoms with Crippen molar-refractivity contribution in [3.05, 3.63) is 0 Å². The van der Waals surface area contributed by atoms with Gasteiger partial charge in [-0.2, -0.15) is 0 Å².